The van der Waals surface area contributed by atoms with Crippen molar-refractivity contribution in [2.75, 3.05) is 0 Å². The zero-order valence-electron chi connectivity index (χ0n) is 10.0. The Morgan fingerprint density at radius 2 is 2.12 bits per heavy atom. The van der Waals surface area contributed by atoms with Gasteiger partial charge in [-0.15, -0.1) is 0 Å². The summed E-state index contributed by atoms with van der Waals surface area (Å²) in [6.45, 7) is 4.08. The molecule has 0 amide bonds. The average Bonchev–Trinajstić information content (AvgIpc) is 2.19. The van der Waals surface area contributed by atoms with Crippen LogP contribution in [0.2, 0.25) is 0 Å². The lowest BCUT2D eigenvalue weighted by atomic mass is 9.97. The van der Waals surface area contributed by atoms with Crippen LogP contribution in [-0.2, 0) is 6.42 Å². The van der Waals surface area contributed by atoms with Crippen LogP contribution in [0.5, 0.6) is 0 Å². The van der Waals surface area contributed by atoms with Crippen LogP contribution in [0.15, 0.2) is 18.2 Å². The van der Waals surface area contributed by atoms with Crippen molar-refractivity contribution in [2.24, 2.45) is 11.7 Å². The van der Waals surface area contributed by atoms with E-state index >= 15 is 0 Å². The summed E-state index contributed by atoms with van der Waals surface area (Å²) in [4.78, 5) is 10.2. The van der Waals surface area contributed by atoms with E-state index in [0.29, 0.717) is 17.9 Å². The van der Waals surface area contributed by atoms with Crippen molar-refractivity contribution in [3.8, 4) is 0 Å². The molecule has 0 aliphatic rings. The van der Waals surface area contributed by atoms with Crippen molar-refractivity contribution in [1.29, 1.82) is 0 Å². The van der Waals surface area contributed by atoms with E-state index in [1.165, 1.54) is 12.1 Å². The molecular weight excluding hydrogens is 223 g/mol. The molecule has 5 heteroatoms. The fraction of sp³-hybridized carbons (Fsp3) is 0.500. The van der Waals surface area contributed by atoms with Crippen LogP contribution in [0, 0.1) is 21.8 Å². The summed E-state index contributed by atoms with van der Waals surface area (Å²) in [7, 11) is 0. The van der Waals surface area contributed by atoms with Crippen LogP contribution < -0.4 is 5.73 Å². The van der Waals surface area contributed by atoms with Crippen molar-refractivity contribution in [1.82, 2.24) is 0 Å². The molecule has 0 aliphatic heterocycles. The lowest BCUT2D eigenvalue weighted by Gasteiger charge is -2.13. The molecule has 1 rings (SSSR count). The molecule has 2 N–H and O–H groups in total. The van der Waals surface area contributed by atoms with Gasteiger partial charge >= 0.3 is 0 Å². The Morgan fingerprint density at radius 3 is 2.65 bits per heavy atom. The highest BCUT2D eigenvalue weighted by molar-refractivity contribution is 5.40. The Kier molecular flexibility index (Phi) is 4.57. The Balaban J connectivity index is 2.86. The van der Waals surface area contributed by atoms with E-state index in [1.54, 1.807) is 0 Å². The summed E-state index contributed by atoms with van der Waals surface area (Å²) in [6.07, 6.45) is 1.18. The minimum absolute atomic E-state index is 0.140. The first kappa shape index (κ1) is 13.6. The number of halogens is 1. The molecule has 1 aromatic rings. The molecular formula is C12H17FN2O2. The molecule has 0 saturated heterocycles. The van der Waals surface area contributed by atoms with E-state index in [0.717, 1.165) is 12.5 Å². The molecule has 1 unspecified atom stereocenters. The molecule has 0 fully saturated rings. The van der Waals surface area contributed by atoms with Gasteiger partial charge in [0.25, 0.3) is 5.69 Å². The fourth-order valence-corrected chi connectivity index (χ4v) is 1.85. The van der Waals surface area contributed by atoms with Gasteiger partial charge in [0.2, 0.25) is 0 Å². The van der Waals surface area contributed by atoms with E-state index in [9.17, 15) is 14.5 Å². The van der Waals surface area contributed by atoms with Gasteiger partial charge in [-0.2, -0.15) is 0 Å². The quantitative estimate of drug-likeness (QED) is 0.635. The van der Waals surface area contributed by atoms with Crippen molar-refractivity contribution >= 4 is 5.69 Å². The number of benzene rings is 1. The van der Waals surface area contributed by atoms with Gasteiger partial charge in [0.15, 0.2) is 0 Å². The van der Waals surface area contributed by atoms with Crippen molar-refractivity contribution < 1.29 is 9.31 Å². The second-order valence-corrected chi connectivity index (χ2v) is 4.62. The molecule has 4 nitrogen and oxygen atoms in total. The molecule has 0 aliphatic carbocycles. The van der Waals surface area contributed by atoms with Gasteiger partial charge < -0.3 is 5.73 Å². The van der Waals surface area contributed by atoms with Gasteiger partial charge in [-0.1, -0.05) is 13.8 Å². The van der Waals surface area contributed by atoms with E-state index in [2.05, 4.69) is 0 Å². The van der Waals surface area contributed by atoms with Gasteiger partial charge in [0.1, 0.15) is 5.82 Å². The minimum Gasteiger partial charge on any atom is -0.327 e. The molecule has 94 valence electrons. The normalized spacial score (nSPS) is 12.8. The molecule has 0 aromatic heterocycles. The SMILES string of the molecule is CC(C)CC(N)Cc1ccc(F)cc1[N+](=O)[O-]. The third kappa shape index (κ3) is 4.11. The fourth-order valence-electron chi connectivity index (χ4n) is 1.85. The number of nitrogens with two attached hydrogens (primary N) is 1. The molecule has 1 atom stereocenters. The third-order valence-electron chi connectivity index (χ3n) is 2.50. The number of nitrogens with zero attached hydrogens (tertiary/aromatic N) is 1. The van der Waals surface area contributed by atoms with Gasteiger partial charge in [-0.05, 0) is 30.9 Å². The largest absolute Gasteiger partial charge is 0.327 e. The standard InChI is InChI=1S/C12H17FN2O2/c1-8(2)5-11(14)6-9-3-4-10(13)7-12(9)15(16)17/h3-4,7-8,11H,5-6,14H2,1-2H3. The van der Waals surface area contributed by atoms with Crippen LogP contribution in [0.25, 0.3) is 0 Å². The molecule has 17 heavy (non-hydrogen) atoms. The van der Waals surface area contributed by atoms with Crippen LogP contribution in [0.1, 0.15) is 25.8 Å². The molecule has 0 radical (unpaired) electrons. The van der Waals surface area contributed by atoms with Crippen molar-refractivity contribution in [3.63, 3.8) is 0 Å². The van der Waals surface area contributed by atoms with E-state index in [-0.39, 0.29) is 11.7 Å². The molecule has 0 bridgehead atoms. The summed E-state index contributed by atoms with van der Waals surface area (Å²) in [5, 5.41) is 10.8. The molecule has 1 aromatic carbocycles. The number of hydrogen-bond acceptors (Lipinski definition) is 3. The zero-order chi connectivity index (χ0) is 13.0. The number of hydrogen-bond donors (Lipinski definition) is 1. The monoisotopic (exact) mass is 240 g/mol. The first-order valence-corrected chi connectivity index (χ1v) is 5.58. The number of nitro benzene ring substituents is 1. The number of rotatable bonds is 5. The molecule has 0 heterocycles. The molecule has 0 saturated carbocycles. The number of nitro groups is 1. The van der Waals surface area contributed by atoms with E-state index < -0.39 is 10.7 Å². The Bertz CT molecular complexity index is 407. The summed E-state index contributed by atoms with van der Waals surface area (Å²) in [6, 6.07) is 3.47. The maximum Gasteiger partial charge on any atom is 0.275 e. The predicted octanol–water partition coefficient (Wildman–Crippen LogP) is 2.65. The van der Waals surface area contributed by atoms with Gasteiger partial charge in [0, 0.05) is 11.6 Å². The summed E-state index contributed by atoms with van der Waals surface area (Å²) in [5.74, 6) is -0.164. The van der Waals surface area contributed by atoms with Crippen molar-refractivity contribution in [2.45, 2.75) is 32.7 Å². The lowest BCUT2D eigenvalue weighted by molar-refractivity contribution is -0.385. The minimum atomic E-state index is -0.599. The first-order chi connectivity index (χ1) is 7.90. The summed E-state index contributed by atoms with van der Waals surface area (Å²) >= 11 is 0. The van der Waals surface area contributed by atoms with E-state index in [4.69, 9.17) is 5.73 Å². The Morgan fingerprint density at radius 1 is 1.47 bits per heavy atom. The second-order valence-electron chi connectivity index (χ2n) is 4.62. The van der Waals surface area contributed by atoms with Gasteiger partial charge in [-0.25, -0.2) is 4.39 Å². The van der Waals surface area contributed by atoms with Gasteiger partial charge in [-0.3, -0.25) is 10.1 Å². The average molecular weight is 240 g/mol. The Labute approximate surface area is 99.8 Å². The van der Waals surface area contributed by atoms with Crippen LogP contribution in [-0.4, -0.2) is 11.0 Å². The zero-order valence-corrected chi connectivity index (χ0v) is 10.0. The van der Waals surface area contributed by atoms with E-state index in [1.807, 2.05) is 13.8 Å². The Hall–Kier alpha value is -1.49. The predicted molar refractivity (Wildman–Crippen MR) is 64.2 cm³/mol. The highest BCUT2D eigenvalue weighted by atomic mass is 19.1. The highest BCUT2D eigenvalue weighted by Crippen LogP contribution is 2.22. The maximum absolute atomic E-state index is 12.9. The lowest BCUT2D eigenvalue weighted by Crippen LogP contribution is -2.25. The second kappa shape index (κ2) is 5.72. The topological polar surface area (TPSA) is 69.2 Å². The summed E-state index contributed by atoms with van der Waals surface area (Å²) < 4.78 is 12.9. The summed E-state index contributed by atoms with van der Waals surface area (Å²) in [5.41, 5.74) is 6.20. The smallest absolute Gasteiger partial charge is 0.275 e. The van der Waals surface area contributed by atoms with Gasteiger partial charge in [0.05, 0.1) is 11.0 Å². The molecule has 0 spiro atoms. The van der Waals surface area contributed by atoms with Crippen LogP contribution in [0.4, 0.5) is 10.1 Å². The third-order valence-corrected chi connectivity index (χ3v) is 2.50. The van der Waals surface area contributed by atoms with Crippen LogP contribution >= 0.6 is 0 Å². The van der Waals surface area contributed by atoms with Crippen LogP contribution in [0.3, 0.4) is 0 Å². The first-order valence-electron chi connectivity index (χ1n) is 5.58. The maximum atomic E-state index is 12.9. The highest BCUT2D eigenvalue weighted by Gasteiger charge is 2.17. The van der Waals surface area contributed by atoms with Crippen molar-refractivity contribution in [3.05, 3.63) is 39.7 Å².